The number of amides is 1. The predicted molar refractivity (Wildman–Crippen MR) is 147 cm³/mol. The lowest BCUT2D eigenvalue weighted by atomic mass is 9.94. The molecule has 5 rings (SSSR count). The quantitative estimate of drug-likeness (QED) is 0.237. The van der Waals surface area contributed by atoms with E-state index in [1.807, 2.05) is 17.0 Å². The molecule has 3 aliphatic rings. The molecular formula is C27H32N2O2S3. The Morgan fingerprint density at radius 1 is 1.21 bits per heavy atom. The van der Waals surface area contributed by atoms with Crippen molar-refractivity contribution >= 4 is 51.6 Å². The number of hydrogen-bond acceptors (Lipinski definition) is 6. The number of thioether (sulfide) groups is 1. The van der Waals surface area contributed by atoms with Crippen LogP contribution in [0.15, 0.2) is 35.2 Å². The molecule has 3 unspecified atom stereocenters. The molecule has 1 aromatic carbocycles. The predicted octanol–water partition coefficient (Wildman–Crippen LogP) is 6.49. The fourth-order valence-corrected chi connectivity index (χ4v) is 8.31. The van der Waals surface area contributed by atoms with E-state index in [0.717, 1.165) is 65.1 Å². The van der Waals surface area contributed by atoms with Crippen LogP contribution in [0.5, 0.6) is 5.75 Å². The van der Waals surface area contributed by atoms with E-state index in [1.54, 1.807) is 18.4 Å². The third-order valence-electron chi connectivity index (χ3n) is 7.46. The molecule has 7 heteroatoms. The second-order valence-electron chi connectivity index (χ2n) is 9.63. The molecule has 4 nitrogen and oxygen atoms in total. The monoisotopic (exact) mass is 512 g/mol. The van der Waals surface area contributed by atoms with Crippen molar-refractivity contribution in [3.05, 3.63) is 45.7 Å². The number of carbonyl (C=O) groups is 1. The molecule has 1 saturated heterocycles. The summed E-state index contributed by atoms with van der Waals surface area (Å²) < 4.78 is 6.17. The van der Waals surface area contributed by atoms with Gasteiger partial charge in [-0.1, -0.05) is 49.0 Å². The smallest absolute Gasteiger partial charge is 0.266 e. The van der Waals surface area contributed by atoms with Crippen molar-refractivity contribution in [2.45, 2.75) is 57.4 Å². The van der Waals surface area contributed by atoms with Gasteiger partial charge in [-0.2, -0.15) is 0 Å². The van der Waals surface area contributed by atoms with E-state index in [-0.39, 0.29) is 5.91 Å². The number of thiocarbonyl (C=S) groups is 1. The average molecular weight is 513 g/mol. The fraction of sp³-hybridized carbons (Fsp3) is 0.481. The van der Waals surface area contributed by atoms with Crippen molar-refractivity contribution in [1.82, 2.24) is 4.90 Å². The number of nitrogens with zero attached hydrogens (tertiary/aromatic N) is 1. The van der Waals surface area contributed by atoms with Crippen molar-refractivity contribution in [2.75, 3.05) is 13.7 Å². The summed E-state index contributed by atoms with van der Waals surface area (Å²) in [6.07, 6.45) is 11.3. The third kappa shape index (κ3) is 4.85. The summed E-state index contributed by atoms with van der Waals surface area (Å²) in [7, 11) is 1.69. The van der Waals surface area contributed by atoms with E-state index in [1.165, 1.54) is 46.3 Å². The molecule has 2 aromatic rings. The van der Waals surface area contributed by atoms with Crippen molar-refractivity contribution in [3.8, 4) is 16.2 Å². The van der Waals surface area contributed by atoms with E-state index < -0.39 is 0 Å². The topological polar surface area (TPSA) is 55.6 Å². The lowest BCUT2D eigenvalue weighted by molar-refractivity contribution is -0.124. The van der Waals surface area contributed by atoms with E-state index in [4.69, 9.17) is 22.7 Å². The number of fused-ring (bicyclic) bond motifs is 2. The maximum absolute atomic E-state index is 13.5. The van der Waals surface area contributed by atoms with Crippen LogP contribution < -0.4 is 10.5 Å². The molecule has 0 spiro atoms. The lowest BCUT2D eigenvalue weighted by Crippen LogP contribution is -2.41. The zero-order valence-corrected chi connectivity index (χ0v) is 22.1. The molecule has 2 N–H and O–H groups in total. The SMILES string of the molecule is COc1cccc(-c2cc(CCCCCN)c(C=C3SC(=S)N(C4CC5CCC4C5)C3=O)s2)c1. The molecule has 180 valence electrons. The molecule has 2 saturated carbocycles. The molecule has 2 aliphatic carbocycles. The van der Waals surface area contributed by atoms with E-state index in [0.29, 0.717) is 12.0 Å². The third-order valence-corrected chi connectivity index (χ3v) is 9.97. The van der Waals surface area contributed by atoms with Crippen molar-refractivity contribution in [3.63, 3.8) is 0 Å². The van der Waals surface area contributed by atoms with Gasteiger partial charge in [0.2, 0.25) is 0 Å². The van der Waals surface area contributed by atoms with E-state index in [2.05, 4.69) is 24.3 Å². The highest BCUT2D eigenvalue weighted by Gasteiger charge is 2.48. The number of nitrogens with two attached hydrogens (primary N) is 1. The van der Waals surface area contributed by atoms with Crippen LogP contribution in [0.2, 0.25) is 0 Å². The Balaban J connectivity index is 1.42. The first-order chi connectivity index (χ1) is 16.6. The normalized spacial score (nSPS) is 25.2. The molecule has 3 fully saturated rings. The van der Waals surface area contributed by atoms with E-state index >= 15 is 0 Å². The maximum Gasteiger partial charge on any atom is 0.266 e. The number of thiophene rings is 1. The summed E-state index contributed by atoms with van der Waals surface area (Å²) >= 11 is 8.94. The molecule has 2 heterocycles. The van der Waals surface area contributed by atoms with Gasteiger partial charge in [-0.05, 0) is 92.3 Å². The van der Waals surface area contributed by atoms with Crippen LogP contribution in [0, 0.1) is 11.8 Å². The lowest BCUT2D eigenvalue weighted by Gasteiger charge is -2.30. The van der Waals surface area contributed by atoms with Crippen LogP contribution in [0.3, 0.4) is 0 Å². The Bertz CT molecular complexity index is 1110. The van der Waals surface area contributed by atoms with Gasteiger partial charge in [-0.15, -0.1) is 11.3 Å². The summed E-state index contributed by atoms with van der Waals surface area (Å²) in [6.45, 7) is 0.733. The van der Waals surface area contributed by atoms with Crippen LogP contribution in [-0.4, -0.2) is 34.8 Å². The highest BCUT2D eigenvalue weighted by atomic mass is 32.2. The Morgan fingerprint density at radius 3 is 2.82 bits per heavy atom. The van der Waals surface area contributed by atoms with Gasteiger partial charge in [-0.25, -0.2) is 0 Å². The molecule has 1 amide bonds. The van der Waals surface area contributed by atoms with Gasteiger partial charge in [0.1, 0.15) is 10.1 Å². The summed E-state index contributed by atoms with van der Waals surface area (Å²) in [5, 5.41) is 0. The Labute approximate surface area is 215 Å². The van der Waals surface area contributed by atoms with Gasteiger partial charge in [0, 0.05) is 15.8 Å². The minimum Gasteiger partial charge on any atom is -0.497 e. The minimum absolute atomic E-state index is 0.109. The van der Waals surface area contributed by atoms with Crippen LogP contribution in [-0.2, 0) is 11.2 Å². The standard InChI is InChI=1S/C27H32N2O2S3/c1-31-21-8-5-7-19(14-21)23-15-20(6-3-2-4-11-28)24(33-23)16-25-26(30)29(27(32)34-25)22-13-17-9-10-18(22)12-17/h5,7-8,14-18,22H,2-4,6,9-13,28H2,1H3. The first-order valence-electron chi connectivity index (χ1n) is 12.3. The molecule has 2 bridgehead atoms. The van der Waals surface area contributed by atoms with Gasteiger partial charge >= 0.3 is 0 Å². The molecule has 0 radical (unpaired) electrons. The number of benzene rings is 1. The number of unbranched alkanes of at least 4 members (excludes halogenated alkanes) is 2. The van der Waals surface area contributed by atoms with Gasteiger partial charge in [0.15, 0.2) is 0 Å². The molecule has 1 aliphatic heterocycles. The minimum atomic E-state index is 0.109. The summed E-state index contributed by atoms with van der Waals surface area (Å²) in [4.78, 5) is 18.6. The zero-order valence-electron chi connectivity index (χ0n) is 19.6. The molecule has 34 heavy (non-hydrogen) atoms. The summed E-state index contributed by atoms with van der Waals surface area (Å²) in [5.41, 5.74) is 8.13. The number of ether oxygens (including phenoxy) is 1. The molecular weight excluding hydrogens is 481 g/mol. The van der Waals surface area contributed by atoms with Crippen LogP contribution in [0.1, 0.15) is 55.4 Å². The number of carbonyl (C=O) groups excluding carboxylic acids is 1. The summed E-state index contributed by atoms with van der Waals surface area (Å²) in [5.74, 6) is 2.37. The Morgan fingerprint density at radius 2 is 2.09 bits per heavy atom. The molecule has 1 aromatic heterocycles. The fourth-order valence-electron chi connectivity index (χ4n) is 5.73. The number of aryl methyl sites for hydroxylation is 1. The number of rotatable bonds is 9. The summed E-state index contributed by atoms with van der Waals surface area (Å²) in [6, 6.07) is 10.8. The second kappa shape index (κ2) is 10.5. The van der Waals surface area contributed by atoms with Gasteiger partial charge in [0.25, 0.3) is 5.91 Å². The largest absolute Gasteiger partial charge is 0.497 e. The Hall–Kier alpha value is -1.67. The van der Waals surface area contributed by atoms with Crippen LogP contribution >= 0.6 is 35.3 Å². The van der Waals surface area contributed by atoms with Crippen molar-refractivity contribution in [2.24, 2.45) is 17.6 Å². The van der Waals surface area contributed by atoms with E-state index in [9.17, 15) is 4.79 Å². The zero-order chi connectivity index (χ0) is 23.7. The first kappa shape index (κ1) is 24.0. The van der Waals surface area contributed by atoms with Crippen molar-refractivity contribution < 1.29 is 9.53 Å². The first-order valence-corrected chi connectivity index (χ1v) is 14.4. The van der Waals surface area contributed by atoms with Gasteiger partial charge in [-0.3, -0.25) is 9.69 Å². The van der Waals surface area contributed by atoms with Gasteiger partial charge in [0.05, 0.1) is 12.0 Å². The highest BCUT2D eigenvalue weighted by molar-refractivity contribution is 8.26. The van der Waals surface area contributed by atoms with Crippen molar-refractivity contribution in [1.29, 1.82) is 0 Å². The van der Waals surface area contributed by atoms with Crippen LogP contribution in [0.4, 0.5) is 0 Å². The van der Waals surface area contributed by atoms with Gasteiger partial charge < -0.3 is 10.5 Å². The second-order valence-corrected chi connectivity index (χ2v) is 12.4. The maximum atomic E-state index is 13.5. The Kier molecular flexibility index (Phi) is 7.44. The van der Waals surface area contributed by atoms with Crippen LogP contribution in [0.25, 0.3) is 16.5 Å². The average Bonchev–Trinajstić information content (AvgIpc) is 3.62. The highest BCUT2D eigenvalue weighted by Crippen LogP contribution is 2.49. The number of methoxy groups -OCH3 is 1. The number of hydrogen-bond donors (Lipinski definition) is 1. The molecule has 3 atom stereocenters.